The van der Waals surface area contributed by atoms with Gasteiger partial charge in [0.2, 0.25) is 0 Å². The zero-order valence-electron chi connectivity index (χ0n) is 15.6. The molecular formula is C22H27N3O. The van der Waals surface area contributed by atoms with Crippen molar-refractivity contribution in [3.63, 3.8) is 0 Å². The minimum Gasteiger partial charge on any atom is -0.370 e. The van der Waals surface area contributed by atoms with Crippen molar-refractivity contribution in [3.05, 3.63) is 70.8 Å². The molecule has 1 heterocycles. The number of nitrogens with one attached hydrogen (secondary N) is 1. The first kappa shape index (κ1) is 17.1. The molecule has 0 spiro atoms. The van der Waals surface area contributed by atoms with Crippen molar-refractivity contribution >= 4 is 5.96 Å². The van der Waals surface area contributed by atoms with E-state index in [2.05, 4.69) is 70.7 Å². The van der Waals surface area contributed by atoms with Gasteiger partial charge in [0.25, 0.3) is 0 Å². The molecule has 4 rings (SSSR count). The molecule has 1 aliphatic heterocycles. The maximum atomic E-state index is 6.05. The van der Waals surface area contributed by atoms with Gasteiger partial charge >= 0.3 is 0 Å². The summed E-state index contributed by atoms with van der Waals surface area (Å²) in [6, 6.07) is 17.2. The summed E-state index contributed by atoms with van der Waals surface area (Å²) in [6.07, 6.45) is 1.27. The molecule has 4 nitrogen and oxygen atoms in total. The third-order valence-electron chi connectivity index (χ3n) is 5.58. The van der Waals surface area contributed by atoms with Crippen LogP contribution in [0, 0.1) is 6.92 Å². The maximum Gasteiger partial charge on any atom is 0.193 e. The quantitative estimate of drug-likeness (QED) is 0.682. The Kier molecular flexibility index (Phi) is 4.93. The second-order valence-corrected chi connectivity index (χ2v) is 7.19. The molecule has 0 amide bonds. The van der Waals surface area contributed by atoms with Gasteiger partial charge in [0, 0.05) is 26.1 Å². The second kappa shape index (κ2) is 7.50. The van der Waals surface area contributed by atoms with Crippen molar-refractivity contribution in [2.45, 2.75) is 25.4 Å². The van der Waals surface area contributed by atoms with Crippen LogP contribution in [0.25, 0.3) is 0 Å². The Balaban J connectivity index is 1.39. The predicted octanol–water partition coefficient (Wildman–Crippen LogP) is 3.28. The van der Waals surface area contributed by atoms with Gasteiger partial charge in [-0.1, -0.05) is 48.5 Å². The van der Waals surface area contributed by atoms with Gasteiger partial charge in [-0.3, -0.25) is 4.99 Å². The summed E-state index contributed by atoms with van der Waals surface area (Å²) < 4.78 is 6.05. The minimum atomic E-state index is 0.105. The molecule has 0 saturated carbocycles. The Morgan fingerprint density at radius 1 is 1.15 bits per heavy atom. The number of hydrogen-bond acceptors (Lipinski definition) is 2. The van der Waals surface area contributed by atoms with E-state index in [9.17, 15) is 0 Å². The van der Waals surface area contributed by atoms with Gasteiger partial charge in [0.1, 0.15) is 6.10 Å². The highest BCUT2D eigenvalue weighted by Gasteiger charge is 2.28. The molecule has 2 unspecified atom stereocenters. The molecule has 2 atom stereocenters. The summed E-state index contributed by atoms with van der Waals surface area (Å²) >= 11 is 0. The summed E-state index contributed by atoms with van der Waals surface area (Å²) in [5.74, 6) is 1.58. The number of fused-ring (bicyclic) bond motifs is 1. The lowest BCUT2D eigenvalue weighted by Crippen LogP contribution is -2.49. The standard InChI is InChI=1S/C22H27N3O/c1-16-7-3-5-9-19(16)21-15-25(11-12-26-21)22(23-2)24-14-18-13-17-8-4-6-10-20(17)18/h3-10,18,21H,11-15H2,1-2H3,(H,23,24). The fraction of sp³-hybridized carbons (Fsp3) is 0.409. The van der Waals surface area contributed by atoms with E-state index in [0.717, 1.165) is 38.6 Å². The van der Waals surface area contributed by atoms with Gasteiger partial charge in [0.15, 0.2) is 5.96 Å². The molecule has 4 heteroatoms. The minimum absolute atomic E-state index is 0.105. The zero-order chi connectivity index (χ0) is 17.9. The number of hydrogen-bond donors (Lipinski definition) is 1. The van der Waals surface area contributed by atoms with E-state index < -0.39 is 0 Å². The Morgan fingerprint density at radius 2 is 1.92 bits per heavy atom. The van der Waals surface area contributed by atoms with E-state index in [1.807, 2.05) is 7.05 Å². The van der Waals surface area contributed by atoms with Crippen LogP contribution >= 0.6 is 0 Å². The van der Waals surface area contributed by atoms with Crippen LogP contribution in [0.5, 0.6) is 0 Å². The van der Waals surface area contributed by atoms with Crippen molar-refractivity contribution in [3.8, 4) is 0 Å². The number of aliphatic imine (C=N–C) groups is 1. The molecule has 1 saturated heterocycles. The lowest BCUT2D eigenvalue weighted by Gasteiger charge is -2.37. The molecule has 0 radical (unpaired) electrons. The Bertz CT molecular complexity index is 801. The second-order valence-electron chi connectivity index (χ2n) is 7.19. The number of rotatable bonds is 3. The van der Waals surface area contributed by atoms with Crippen LogP contribution in [0.1, 0.15) is 34.3 Å². The summed E-state index contributed by atoms with van der Waals surface area (Å²) in [5.41, 5.74) is 5.53. The summed E-state index contributed by atoms with van der Waals surface area (Å²) in [7, 11) is 1.87. The average molecular weight is 349 g/mol. The molecular weight excluding hydrogens is 322 g/mol. The first-order valence-corrected chi connectivity index (χ1v) is 9.47. The van der Waals surface area contributed by atoms with Crippen molar-refractivity contribution in [2.75, 3.05) is 33.3 Å². The molecule has 2 aromatic carbocycles. The van der Waals surface area contributed by atoms with Crippen LogP contribution in [0.4, 0.5) is 0 Å². The molecule has 2 aliphatic rings. The molecule has 1 fully saturated rings. The summed E-state index contributed by atoms with van der Waals surface area (Å²) in [6.45, 7) is 5.54. The van der Waals surface area contributed by atoms with E-state index in [4.69, 9.17) is 4.74 Å². The lowest BCUT2D eigenvalue weighted by molar-refractivity contribution is -0.00833. The van der Waals surface area contributed by atoms with Crippen LogP contribution in [-0.4, -0.2) is 44.1 Å². The Morgan fingerprint density at radius 3 is 2.69 bits per heavy atom. The first-order valence-electron chi connectivity index (χ1n) is 9.47. The normalized spacial score (nSPS) is 22.5. The third kappa shape index (κ3) is 3.34. The monoisotopic (exact) mass is 349 g/mol. The van der Waals surface area contributed by atoms with Crippen LogP contribution in [0.15, 0.2) is 53.5 Å². The van der Waals surface area contributed by atoms with Gasteiger partial charge in [-0.2, -0.15) is 0 Å². The average Bonchev–Trinajstić information content (AvgIpc) is 2.66. The molecule has 26 heavy (non-hydrogen) atoms. The van der Waals surface area contributed by atoms with Crippen molar-refractivity contribution in [2.24, 2.45) is 4.99 Å². The molecule has 1 N–H and O–H groups in total. The smallest absolute Gasteiger partial charge is 0.193 e. The van der Waals surface area contributed by atoms with Gasteiger partial charge in [-0.25, -0.2) is 0 Å². The zero-order valence-corrected chi connectivity index (χ0v) is 15.6. The van der Waals surface area contributed by atoms with Crippen molar-refractivity contribution in [1.82, 2.24) is 10.2 Å². The highest BCUT2D eigenvalue weighted by atomic mass is 16.5. The SMILES string of the molecule is CN=C(NCC1Cc2ccccc21)N1CCOC(c2ccccc2C)C1. The molecule has 0 aromatic heterocycles. The number of guanidine groups is 1. The summed E-state index contributed by atoms with van der Waals surface area (Å²) in [5, 5.41) is 3.59. The number of benzene rings is 2. The van der Waals surface area contributed by atoms with Crippen LogP contribution in [0.2, 0.25) is 0 Å². The van der Waals surface area contributed by atoms with Crippen molar-refractivity contribution in [1.29, 1.82) is 0 Å². The molecule has 1 aliphatic carbocycles. The maximum absolute atomic E-state index is 6.05. The van der Waals surface area contributed by atoms with E-state index in [1.165, 1.54) is 22.3 Å². The van der Waals surface area contributed by atoms with Gasteiger partial charge in [-0.15, -0.1) is 0 Å². The number of morpholine rings is 1. The molecule has 136 valence electrons. The van der Waals surface area contributed by atoms with Crippen LogP contribution in [0.3, 0.4) is 0 Å². The van der Waals surface area contributed by atoms with Crippen molar-refractivity contribution < 1.29 is 4.74 Å². The predicted molar refractivity (Wildman–Crippen MR) is 106 cm³/mol. The fourth-order valence-electron chi connectivity index (χ4n) is 4.07. The van der Waals surface area contributed by atoms with E-state index in [1.54, 1.807) is 0 Å². The van der Waals surface area contributed by atoms with Gasteiger partial charge in [-0.05, 0) is 35.6 Å². The van der Waals surface area contributed by atoms with Gasteiger partial charge < -0.3 is 15.0 Å². The highest BCUT2D eigenvalue weighted by molar-refractivity contribution is 5.80. The highest BCUT2D eigenvalue weighted by Crippen LogP contribution is 2.34. The third-order valence-corrected chi connectivity index (χ3v) is 5.58. The van der Waals surface area contributed by atoms with Crippen LogP contribution in [-0.2, 0) is 11.2 Å². The summed E-state index contributed by atoms with van der Waals surface area (Å²) in [4.78, 5) is 6.85. The fourth-order valence-corrected chi connectivity index (χ4v) is 4.07. The molecule has 2 aromatic rings. The Labute approximate surface area is 155 Å². The topological polar surface area (TPSA) is 36.9 Å². The van der Waals surface area contributed by atoms with Crippen LogP contribution < -0.4 is 5.32 Å². The largest absolute Gasteiger partial charge is 0.370 e. The first-order chi connectivity index (χ1) is 12.8. The molecule has 0 bridgehead atoms. The van der Waals surface area contributed by atoms with Gasteiger partial charge in [0.05, 0.1) is 13.2 Å². The number of nitrogens with zero attached hydrogens (tertiary/aromatic N) is 2. The Hall–Kier alpha value is -2.33. The van der Waals surface area contributed by atoms with E-state index >= 15 is 0 Å². The number of aryl methyl sites for hydroxylation is 1. The van der Waals surface area contributed by atoms with E-state index in [-0.39, 0.29) is 6.10 Å². The van der Waals surface area contributed by atoms with E-state index in [0.29, 0.717) is 5.92 Å². The number of ether oxygens (including phenoxy) is 1. The lowest BCUT2D eigenvalue weighted by atomic mass is 9.78.